The lowest BCUT2D eigenvalue weighted by atomic mass is 9.93. The van der Waals surface area contributed by atoms with Crippen molar-refractivity contribution >= 4 is 0 Å². The first-order chi connectivity index (χ1) is 6.59. The van der Waals surface area contributed by atoms with Crippen molar-refractivity contribution in [3.8, 4) is 11.5 Å². The van der Waals surface area contributed by atoms with E-state index < -0.39 is 0 Å². The van der Waals surface area contributed by atoms with Crippen LogP contribution in [-0.4, -0.2) is 16.8 Å². The summed E-state index contributed by atoms with van der Waals surface area (Å²) in [5.74, 6) is 0.301. The van der Waals surface area contributed by atoms with E-state index in [9.17, 15) is 10.2 Å². The highest BCUT2D eigenvalue weighted by molar-refractivity contribution is 5.50. The van der Waals surface area contributed by atoms with E-state index in [1.54, 1.807) is 0 Å². The van der Waals surface area contributed by atoms with E-state index in [1.165, 1.54) is 6.07 Å². The minimum atomic E-state index is -0.0253. The predicted molar refractivity (Wildman–Crippen MR) is 54.5 cm³/mol. The fourth-order valence-corrected chi connectivity index (χ4v) is 1.84. The Balaban J connectivity index is 2.49. The molecular formula is C11H15NO2. The molecule has 0 atom stereocenters. The van der Waals surface area contributed by atoms with Crippen LogP contribution in [-0.2, 0) is 5.41 Å². The van der Waals surface area contributed by atoms with Gasteiger partial charge >= 0.3 is 0 Å². The van der Waals surface area contributed by atoms with Gasteiger partial charge in [0.15, 0.2) is 0 Å². The van der Waals surface area contributed by atoms with Gasteiger partial charge in [0.25, 0.3) is 0 Å². The van der Waals surface area contributed by atoms with Crippen molar-refractivity contribution in [1.29, 1.82) is 0 Å². The Labute approximate surface area is 83.2 Å². The topological polar surface area (TPSA) is 66.5 Å². The molecule has 0 saturated heterocycles. The molecule has 0 aromatic heterocycles. The van der Waals surface area contributed by atoms with Crippen molar-refractivity contribution in [3.63, 3.8) is 0 Å². The standard InChI is InChI=1S/C11H15NO2/c1-7-4-8(10(14)5-9(7)13)11(6-12)2-3-11/h4-5,13-14H,2-3,6,12H2,1H3. The van der Waals surface area contributed by atoms with Crippen LogP contribution in [0.2, 0.25) is 0 Å². The maximum Gasteiger partial charge on any atom is 0.123 e. The highest BCUT2D eigenvalue weighted by atomic mass is 16.3. The number of phenols is 2. The maximum atomic E-state index is 9.71. The van der Waals surface area contributed by atoms with Gasteiger partial charge in [-0.05, 0) is 31.4 Å². The first-order valence-electron chi connectivity index (χ1n) is 4.82. The van der Waals surface area contributed by atoms with Crippen molar-refractivity contribution < 1.29 is 10.2 Å². The van der Waals surface area contributed by atoms with Crippen molar-refractivity contribution in [2.45, 2.75) is 25.2 Å². The lowest BCUT2D eigenvalue weighted by molar-refractivity contribution is 0.437. The van der Waals surface area contributed by atoms with Gasteiger partial charge in [-0.3, -0.25) is 0 Å². The van der Waals surface area contributed by atoms with E-state index in [1.807, 2.05) is 13.0 Å². The van der Waals surface area contributed by atoms with Crippen LogP contribution in [0.1, 0.15) is 24.0 Å². The molecule has 0 spiro atoms. The quantitative estimate of drug-likeness (QED) is 0.665. The average Bonchev–Trinajstić information content (AvgIpc) is 2.92. The Morgan fingerprint density at radius 1 is 1.29 bits per heavy atom. The minimum Gasteiger partial charge on any atom is -0.508 e. The molecule has 1 fully saturated rings. The number of benzene rings is 1. The van der Waals surface area contributed by atoms with Gasteiger partial charge in [-0.2, -0.15) is 0 Å². The van der Waals surface area contributed by atoms with Crippen LogP contribution in [0.3, 0.4) is 0 Å². The fourth-order valence-electron chi connectivity index (χ4n) is 1.84. The summed E-state index contributed by atoms with van der Waals surface area (Å²) >= 11 is 0. The summed E-state index contributed by atoms with van der Waals surface area (Å²) in [6, 6.07) is 3.24. The zero-order chi connectivity index (χ0) is 10.3. The van der Waals surface area contributed by atoms with Gasteiger partial charge in [-0.15, -0.1) is 0 Å². The lowest BCUT2D eigenvalue weighted by Crippen LogP contribution is -2.19. The van der Waals surface area contributed by atoms with Crippen LogP contribution in [0, 0.1) is 6.92 Å². The fraction of sp³-hybridized carbons (Fsp3) is 0.455. The molecule has 1 aliphatic carbocycles. The Morgan fingerprint density at radius 3 is 2.43 bits per heavy atom. The Bertz CT molecular complexity index is 370. The molecule has 1 aromatic carbocycles. The highest BCUT2D eigenvalue weighted by Gasteiger charge is 2.44. The van der Waals surface area contributed by atoms with E-state index >= 15 is 0 Å². The number of rotatable bonds is 2. The summed E-state index contributed by atoms with van der Waals surface area (Å²) in [6.07, 6.45) is 2.06. The third kappa shape index (κ3) is 1.24. The molecule has 1 aromatic rings. The van der Waals surface area contributed by atoms with Crippen molar-refractivity contribution in [1.82, 2.24) is 0 Å². The summed E-state index contributed by atoms with van der Waals surface area (Å²) in [5, 5.41) is 19.1. The number of hydrogen-bond acceptors (Lipinski definition) is 3. The Morgan fingerprint density at radius 2 is 1.93 bits per heavy atom. The molecule has 14 heavy (non-hydrogen) atoms. The molecule has 0 aliphatic heterocycles. The van der Waals surface area contributed by atoms with Gasteiger partial charge in [-0.1, -0.05) is 0 Å². The molecule has 1 aliphatic rings. The summed E-state index contributed by atoms with van der Waals surface area (Å²) in [7, 11) is 0. The largest absolute Gasteiger partial charge is 0.508 e. The second-order valence-corrected chi connectivity index (χ2v) is 4.14. The van der Waals surface area contributed by atoms with Crippen LogP contribution in [0.5, 0.6) is 11.5 Å². The molecule has 2 rings (SSSR count). The average molecular weight is 193 g/mol. The van der Waals surface area contributed by atoms with Crippen LogP contribution in [0.15, 0.2) is 12.1 Å². The molecule has 0 radical (unpaired) electrons. The van der Waals surface area contributed by atoms with Gasteiger partial charge in [0, 0.05) is 23.6 Å². The number of phenolic OH excluding ortho intramolecular Hbond substituents is 2. The zero-order valence-corrected chi connectivity index (χ0v) is 8.25. The van der Waals surface area contributed by atoms with Crippen LogP contribution < -0.4 is 5.73 Å². The van der Waals surface area contributed by atoms with Crippen LogP contribution in [0.4, 0.5) is 0 Å². The smallest absolute Gasteiger partial charge is 0.123 e. The number of hydrogen-bond donors (Lipinski definition) is 3. The third-order valence-electron chi connectivity index (χ3n) is 3.13. The Kier molecular flexibility index (Phi) is 1.93. The van der Waals surface area contributed by atoms with Crippen molar-refractivity contribution in [2.75, 3.05) is 6.54 Å². The second-order valence-electron chi connectivity index (χ2n) is 4.14. The molecule has 0 amide bonds. The summed E-state index contributed by atoms with van der Waals surface area (Å²) in [6.45, 7) is 2.38. The van der Waals surface area contributed by atoms with Gasteiger partial charge in [-0.25, -0.2) is 0 Å². The molecular weight excluding hydrogens is 178 g/mol. The third-order valence-corrected chi connectivity index (χ3v) is 3.13. The maximum absolute atomic E-state index is 9.71. The summed E-state index contributed by atoms with van der Waals surface area (Å²) in [4.78, 5) is 0. The lowest BCUT2D eigenvalue weighted by Gasteiger charge is -2.15. The van der Waals surface area contributed by atoms with Crippen molar-refractivity contribution in [2.24, 2.45) is 5.73 Å². The second kappa shape index (κ2) is 2.89. The summed E-state index contributed by atoms with van der Waals surface area (Å²) in [5.41, 5.74) is 7.33. The molecule has 1 saturated carbocycles. The van der Waals surface area contributed by atoms with E-state index in [4.69, 9.17) is 5.73 Å². The van der Waals surface area contributed by atoms with Gasteiger partial charge in [0.2, 0.25) is 0 Å². The Hall–Kier alpha value is -1.22. The van der Waals surface area contributed by atoms with Crippen molar-refractivity contribution in [3.05, 3.63) is 23.3 Å². The van der Waals surface area contributed by atoms with Crippen LogP contribution in [0.25, 0.3) is 0 Å². The predicted octanol–water partition coefficient (Wildman–Crippen LogP) is 1.40. The number of nitrogens with two attached hydrogens (primary N) is 1. The molecule has 0 bridgehead atoms. The first-order valence-corrected chi connectivity index (χ1v) is 4.82. The van der Waals surface area contributed by atoms with Gasteiger partial charge < -0.3 is 15.9 Å². The van der Waals surface area contributed by atoms with E-state index in [-0.39, 0.29) is 16.9 Å². The van der Waals surface area contributed by atoms with Gasteiger partial charge in [0.05, 0.1) is 0 Å². The van der Waals surface area contributed by atoms with E-state index in [0.29, 0.717) is 6.54 Å². The van der Waals surface area contributed by atoms with E-state index in [0.717, 1.165) is 24.0 Å². The molecule has 3 nitrogen and oxygen atoms in total. The molecule has 4 N–H and O–H groups in total. The molecule has 76 valence electrons. The van der Waals surface area contributed by atoms with Gasteiger partial charge in [0.1, 0.15) is 11.5 Å². The SMILES string of the molecule is Cc1cc(C2(CN)CC2)c(O)cc1O. The molecule has 3 heteroatoms. The first kappa shape index (κ1) is 9.34. The molecule has 0 unspecified atom stereocenters. The summed E-state index contributed by atoms with van der Waals surface area (Å²) < 4.78 is 0. The van der Waals surface area contributed by atoms with Crippen LogP contribution >= 0.6 is 0 Å². The monoisotopic (exact) mass is 193 g/mol. The highest BCUT2D eigenvalue weighted by Crippen LogP contribution is 2.51. The number of aryl methyl sites for hydroxylation is 1. The minimum absolute atomic E-state index is 0.0253. The normalized spacial score (nSPS) is 18.1. The number of aromatic hydroxyl groups is 2. The zero-order valence-electron chi connectivity index (χ0n) is 8.25. The molecule has 0 heterocycles. The van der Waals surface area contributed by atoms with E-state index in [2.05, 4.69) is 0 Å².